The molecular formula is C13H26NO3PS2. The fourth-order valence-electron chi connectivity index (χ4n) is 2.17. The van der Waals surface area contributed by atoms with E-state index < -0.39 is 7.60 Å². The van der Waals surface area contributed by atoms with E-state index in [-0.39, 0.29) is 18.0 Å². The molecule has 1 heterocycles. The van der Waals surface area contributed by atoms with Crippen LogP contribution in [0.1, 0.15) is 47.5 Å². The molecule has 118 valence electrons. The molecule has 0 bridgehead atoms. The summed E-state index contributed by atoms with van der Waals surface area (Å²) in [6.07, 6.45) is 1.41. The van der Waals surface area contributed by atoms with Gasteiger partial charge in [0.05, 0.1) is 12.2 Å². The van der Waals surface area contributed by atoms with E-state index in [1.807, 2.05) is 32.6 Å². The molecule has 1 saturated heterocycles. The second-order valence-electron chi connectivity index (χ2n) is 5.43. The highest BCUT2D eigenvalue weighted by molar-refractivity contribution is 8.23. The lowest BCUT2D eigenvalue weighted by atomic mass is 10.3. The topological polar surface area (TPSA) is 38.8 Å². The van der Waals surface area contributed by atoms with Crippen LogP contribution in [0.3, 0.4) is 0 Å². The molecule has 4 nitrogen and oxygen atoms in total. The van der Waals surface area contributed by atoms with Crippen molar-refractivity contribution in [1.29, 1.82) is 0 Å². The summed E-state index contributed by atoms with van der Waals surface area (Å²) in [6.45, 7) is 10.4. The summed E-state index contributed by atoms with van der Waals surface area (Å²) in [7, 11) is -3.22. The lowest BCUT2D eigenvalue weighted by molar-refractivity contribution is 0.124. The van der Waals surface area contributed by atoms with Gasteiger partial charge in [0, 0.05) is 12.3 Å². The Balaban J connectivity index is 3.03. The zero-order valence-electron chi connectivity index (χ0n) is 13.0. The summed E-state index contributed by atoms with van der Waals surface area (Å²) < 4.78 is 25.6. The van der Waals surface area contributed by atoms with E-state index in [1.165, 1.54) is 0 Å². The van der Waals surface area contributed by atoms with Gasteiger partial charge in [-0.05, 0) is 34.1 Å². The normalized spacial score (nSPS) is 18.4. The monoisotopic (exact) mass is 339 g/mol. The van der Waals surface area contributed by atoms with Gasteiger partial charge in [-0.15, -0.1) is 0 Å². The molecule has 0 aliphatic carbocycles. The van der Waals surface area contributed by atoms with E-state index in [4.69, 9.17) is 21.3 Å². The van der Waals surface area contributed by atoms with Crippen LogP contribution in [0.2, 0.25) is 0 Å². The molecular weight excluding hydrogens is 313 g/mol. The molecule has 1 atom stereocenters. The van der Waals surface area contributed by atoms with Gasteiger partial charge in [-0.1, -0.05) is 37.3 Å². The van der Waals surface area contributed by atoms with Crippen LogP contribution in [0.5, 0.6) is 0 Å². The van der Waals surface area contributed by atoms with Crippen LogP contribution in [-0.4, -0.2) is 39.5 Å². The van der Waals surface area contributed by atoms with Gasteiger partial charge in [0.25, 0.3) is 0 Å². The Hall–Kier alpha value is 0.390. The van der Waals surface area contributed by atoms with Crippen molar-refractivity contribution in [3.63, 3.8) is 0 Å². The first-order valence-electron chi connectivity index (χ1n) is 7.20. The molecule has 0 radical (unpaired) electrons. The van der Waals surface area contributed by atoms with Gasteiger partial charge in [-0.3, -0.25) is 4.57 Å². The summed E-state index contributed by atoms with van der Waals surface area (Å²) in [4.78, 5) is 2.04. The molecule has 0 aromatic carbocycles. The maximum absolute atomic E-state index is 13.3. The number of thiocarbonyl (C=S) groups is 1. The van der Waals surface area contributed by atoms with E-state index in [0.717, 1.165) is 29.5 Å². The molecule has 0 amide bonds. The standard InChI is InChI=1S/C13H26NO3PS2/c1-6-7-12(14-8-9-20-13(14)19)18(15,16-10(2)3)17-11(4)5/h10-12H,6-9H2,1-5H3. The van der Waals surface area contributed by atoms with Crippen molar-refractivity contribution in [2.45, 2.75) is 65.5 Å². The molecule has 7 heteroatoms. The van der Waals surface area contributed by atoms with Crippen molar-refractivity contribution < 1.29 is 13.6 Å². The van der Waals surface area contributed by atoms with Gasteiger partial charge in [-0.25, -0.2) is 0 Å². The minimum absolute atomic E-state index is 0.136. The lowest BCUT2D eigenvalue weighted by Crippen LogP contribution is -2.37. The predicted molar refractivity (Wildman–Crippen MR) is 90.5 cm³/mol. The van der Waals surface area contributed by atoms with Crippen molar-refractivity contribution in [3.05, 3.63) is 0 Å². The van der Waals surface area contributed by atoms with Crippen LogP contribution in [0.15, 0.2) is 0 Å². The molecule has 1 unspecified atom stereocenters. The zero-order chi connectivity index (χ0) is 15.3. The maximum atomic E-state index is 13.3. The zero-order valence-corrected chi connectivity index (χ0v) is 15.5. The SMILES string of the molecule is CCCC(N1CCSC1=S)P(=O)(OC(C)C)OC(C)C. The minimum atomic E-state index is -3.22. The summed E-state index contributed by atoms with van der Waals surface area (Å²) >= 11 is 7.02. The number of rotatable bonds is 8. The molecule has 0 aromatic heterocycles. The van der Waals surface area contributed by atoms with E-state index in [9.17, 15) is 4.57 Å². The second kappa shape index (κ2) is 8.14. The highest BCUT2D eigenvalue weighted by Gasteiger charge is 2.43. The average Bonchev–Trinajstić information content (AvgIpc) is 2.69. The highest BCUT2D eigenvalue weighted by Crippen LogP contribution is 2.58. The van der Waals surface area contributed by atoms with Crippen LogP contribution in [-0.2, 0) is 13.6 Å². The number of nitrogens with zero attached hydrogens (tertiary/aromatic N) is 1. The molecule has 1 aliphatic rings. The molecule has 0 saturated carbocycles. The van der Waals surface area contributed by atoms with Gasteiger partial charge in [0.15, 0.2) is 0 Å². The first-order valence-corrected chi connectivity index (χ1v) is 10.2. The van der Waals surface area contributed by atoms with Gasteiger partial charge in [-0.2, -0.15) is 0 Å². The average molecular weight is 339 g/mol. The molecule has 20 heavy (non-hydrogen) atoms. The largest absolute Gasteiger partial charge is 0.353 e. The van der Waals surface area contributed by atoms with Crippen molar-refractivity contribution in [2.24, 2.45) is 0 Å². The number of hydrogen-bond acceptors (Lipinski definition) is 5. The van der Waals surface area contributed by atoms with Crippen LogP contribution in [0.4, 0.5) is 0 Å². The van der Waals surface area contributed by atoms with Crippen LogP contribution >= 0.6 is 31.6 Å². The first-order chi connectivity index (χ1) is 9.30. The van der Waals surface area contributed by atoms with Crippen molar-refractivity contribution in [3.8, 4) is 0 Å². The predicted octanol–water partition coefficient (Wildman–Crippen LogP) is 4.49. The summed E-state index contributed by atoms with van der Waals surface area (Å²) in [5.74, 6) is 0.683. The Bertz CT molecular complexity index is 363. The molecule has 0 spiro atoms. The minimum Gasteiger partial charge on any atom is -0.342 e. The molecule has 1 rings (SSSR count). The Kier molecular flexibility index (Phi) is 7.50. The summed E-state index contributed by atoms with van der Waals surface area (Å²) in [5, 5.41) is 0. The molecule has 1 aliphatic heterocycles. The number of thioether (sulfide) groups is 1. The van der Waals surface area contributed by atoms with E-state index in [0.29, 0.717) is 0 Å². The number of hydrogen-bond donors (Lipinski definition) is 0. The third kappa shape index (κ3) is 4.99. The van der Waals surface area contributed by atoms with E-state index >= 15 is 0 Å². The Morgan fingerprint density at radius 1 is 1.30 bits per heavy atom. The van der Waals surface area contributed by atoms with Crippen molar-refractivity contribution in [2.75, 3.05) is 12.3 Å². The fraction of sp³-hybridized carbons (Fsp3) is 0.923. The Labute approximate surface area is 132 Å². The maximum Gasteiger partial charge on any atom is 0.353 e. The van der Waals surface area contributed by atoms with Gasteiger partial charge in [0.2, 0.25) is 0 Å². The van der Waals surface area contributed by atoms with Gasteiger partial charge >= 0.3 is 7.60 Å². The lowest BCUT2D eigenvalue weighted by Gasteiger charge is -2.35. The van der Waals surface area contributed by atoms with Crippen LogP contribution in [0.25, 0.3) is 0 Å². The Morgan fingerprint density at radius 3 is 2.20 bits per heavy atom. The van der Waals surface area contributed by atoms with Crippen molar-refractivity contribution >= 4 is 35.9 Å². The van der Waals surface area contributed by atoms with E-state index in [1.54, 1.807) is 11.8 Å². The third-order valence-corrected chi connectivity index (χ3v) is 6.93. The first kappa shape index (κ1) is 18.4. The van der Waals surface area contributed by atoms with Gasteiger partial charge < -0.3 is 13.9 Å². The molecule has 0 N–H and O–H groups in total. The fourth-order valence-corrected chi connectivity index (χ4v) is 6.30. The highest BCUT2D eigenvalue weighted by atomic mass is 32.2. The smallest absolute Gasteiger partial charge is 0.342 e. The molecule has 1 fully saturated rings. The molecule has 0 aromatic rings. The van der Waals surface area contributed by atoms with Gasteiger partial charge in [0.1, 0.15) is 10.1 Å². The second-order valence-corrected chi connectivity index (χ2v) is 9.25. The summed E-state index contributed by atoms with van der Waals surface area (Å²) in [5.41, 5.74) is 0. The van der Waals surface area contributed by atoms with Crippen molar-refractivity contribution in [1.82, 2.24) is 4.90 Å². The van der Waals surface area contributed by atoms with E-state index in [2.05, 4.69) is 6.92 Å². The van der Waals surface area contributed by atoms with Crippen LogP contribution in [0, 0.1) is 0 Å². The summed E-state index contributed by atoms with van der Waals surface area (Å²) in [6, 6.07) is 0. The van der Waals surface area contributed by atoms with Crippen LogP contribution < -0.4 is 0 Å². The quantitative estimate of drug-likeness (QED) is 0.479. The third-order valence-electron chi connectivity index (χ3n) is 2.78. The Morgan fingerprint density at radius 2 is 1.85 bits per heavy atom.